The lowest BCUT2D eigenvalue weighted by molar-refractivity contribution is -0.386. The molecule has 1 aromatic carbocycles. The second-order valence-electron chi connectivity index (χ2n) is 5.85. The first-order valence-electron chi connectivity index (χ1n) is 7.87. The van der Waals surface area contributed by atoms with E-state index in [1.54, 1.807) is 51.1 Å². The van der Waals surface area contributed by atoms with Crippen molar-refractivity contribution >= 4 is 17.4 Å². The predicted molar refractivity (Wildman–Crippen MR) is 92.8 cm³/mol. The fraction of sp³-hybridized carbons (Fsp3) is 0.235. The van der Waals surface area contributed by atoms with Crippen LogP contribution in [0.4, 0.5) is 11.5 Å². The number of carbonyl (C=O) groups is 1. The summed E-state index contributed by atoms with van der Waals surface area (Å²) in [5, 5.41) is 22.0. The van der Waals surface area contributed by atoms with Gasteiger partial charge in [-0.1, -0.05) is 35.5 Å². The molecule has 3 rings (SSSR count). The van der Waals surface area contributed by atoms with E-state index in [2.05, 4.69) is 15.6 Å². The number of nitrogens with one attached hydrogen (secondary N) is 1. The van der Waals surface area contributed by atoms with Crippen molar-refractivity contribution in [3.05, 3.63) is 69.2 Å². The predicted octanol–water partition coefficient (Wildman–Crippen LogP) is 2.93. The van der Waals surface area contributed by atoms with Crippen LogP contribution in [0.2, 0.25) is 0 Å². The Bertz CT molecular complexity index is 961. The van der Waals surface area contributed by atoms with Gasteiger partial charge in [0.15, 0.2) is 11.9 Å². The Morgan fingerprint density at radius 3 is 2.50 bits per heavy atom. The zero-order chi connectivity index (χ0) is 18.8. The van der Waals surface area contributed by atoms with Crippen LogP contribution in [0.3, 0.4) is 0 Å². The second-order valence-corrected chi connectivity index (χ2v) is 5.85. The molecular formula is C17H17N5O4. The van der Waals surface area contributed by atoms with Gasteiger partial charge in [0.1, 0.15) is 17.1 Å². The minimum atomic E-state index is -0.888. The number of hydrogen-bond donors (Lipinski definition) is 1. The average molecular weight is 355 g/mol. The first kappa shape index (κ1) is 17.3. The Labute approximate surface area is 148 Å². The Hall–Kier alpha value is -3.49. The molecule has 1 amide bonds. The van der Waals surface area contributed by atoms with Crippen molar-refractivity contribution in [2.75, 3.05) is 5.32 Å². The summed E-state index contributed by atoms with van der Waals surface area (Å²) >= 11 is 0. The molecule has 0 saturated heterocycles. The van der Waals surface area contributed by atoms with Crippen molar-refractivity contribution in [3.8, 4) is 0 Å². The summed E-state index contributed by atoms with van der Waals surface area (Å²) in [4.78, 5) is 23.8. The summed E-state index contributed by atoms with van der Waals surface area (Å²) in [6.07, 6.45) is 0. The number of anilines is 1. The summed E-state index contributed by atoms with van der Waals surface area (Å²) in [7, 11) is 0. The fourth-order valence-corrected chi connectivity index (χ4v) is 2.83. The lowest BCUT2D eigenvalue weighted by atomic mass is 10.1. The summed E-state index contributed by atoms with van der Waals surface area (Å²) in [6.45, 7) is 4.83. The maximum atomic E-state index is 12.9. The van der Waals surface area contributed by atoms with E-state index in [1.165, 1.54) is 4.68 Å². The number of hydrogen-bond acceptors (Lipinski definition) is 6. The molecule has 0 spiro atoms. The van der Waals surface area contributed by atoms with E-state index in [0.29, 0.717) is 17.0 Å². The molecule has 3 aromatic rings. The molecule has 1 atom stereocenters. The number of amides is 1. The molecule has 0 aliphatic carbocycles. The quantitative estimate of drug-likeness (QED) is 0.555. The third kappa shape index (κ3) is 3.18. The molecule has 0 fully saturated rings. The Morgan fingerprint density at radius 1 is 1.27 bits per heavy atom. The number of aromatic nitrogens is 3. The van der Waals surface area contributed by atoms with Crippen molar-refractivity contribution in [3.63, 3.8) is 0 Å². The van der Waals surface area contributed by atoms with Gasteiger partial charge in [-0.05, 0) is 26.3 Å². The number of carbonyl (C=O) groups excluding carboxylic acids is 1. The maximum absolute atomic E-state index is 12.9. The van der Waals surface area contributed by atoms with Gasteiger partial charge in [-0.2, -0.15) is 5.10 Å². The molecule has 0 aliphatic heterocycles. The van der Waals surface area contributed by atoms with E-state index in [1.807, 2.05) is 6.07 Å². The minimum absolute atomic E-state index is 0.101. The molecule has 0 bridgehead atoms. The van der Waals surface area contributed by atoms with Crippen molar-refractivity contribution in [2.45, 2.75) is 26.8 Å². The maximum Gasteiger partial charge on any atom is 0.312 e. The van der Waals surface area contributed by atoms with Crippen molar-refractivity contribution in [1.29, 1.82) is 0 Å². The van der Waals surface area contributed by atoms with Gasteiger partial charge in [-0.3, -0.25) is 14.9 Å². The molecule has 9 nitrogen and oxygen atoms in total. The van der Waals surface area contributed by atoms with Gasteiger partial charge < -0.3 is 9.84 Å². The lowest BCUT2D eigenvalue weighted by Gasteiger charge is -2.18. The van der Waals surface area contributed by atoms with Crippen LogP contribution in [0.25, 0.3) is 0 Å². The normalized spacial score (nSPS) is 12.0. The molecule has 0 saturated carbocycles. The minimum Gasteiger partial charge on any atom is -0.360 e. The van der Waals surface area contributed by atoms with Crippen LogP contribution in [0, 0.1) is 30.9 Å². The van der Waals surface area contributed by atoms with Crippen LogP contribution in [0.1, 0.15) is 28.8 Å². The third-order valence-electron chi connectivity index (χ3n) is 3.96. The molecule has 2 heterocycles. The standard InChI is InChI=1S/C17H17N5O4/c1-10-9-14(20-26-10)18-17(23)16(13-7-5-4-6-8-13)21-12(3)15(22(24)25)11(2)19-21/h4-9,16H,1-3H3,(H,18,20,23)/t16-/m1/s1. The Balaban J connectivity index is 2.06. The van der Waals surface area contributed by atoms with Gasteiger partial charge in [0.2, 0.25) is 0 Å². The molecule has 1 N–H and O–H groups in total. The van der Waals surface area contributed by atoms with Crippen LogP contribution in [-0.4, -0.2) is 25.8 Å². The molecule has 9 heteroatoms. The highest BCUT2D eigenvalue weighted by Crippen LogP contribution is 2.28. The van der Waals surface area contributed by atoms with E-state index < -0.39 is 16.9 Å². The Morgan fingerprint density at radius 2 is 1.96 bits per heavy atom. The van der Waals surface area contributed by atoms with E-state index in [4.69, 9.17) is 4.52 Å². The SMILES string of the molecule is Cc1cc(NC(=O)[C@@H](c2ccccc2)n2nc(C)c([N+](=O)[O-])c2C)no1. The third-order valence-corrected chi connectivity index (χ3v) is 3.96. The van der Waals surface area contributed by atoms with Gasteiger partial charge >= 0.3 is 5.69 Å². The van der Waals surface area contributed by atoms with Crippen LogP contribution in [0.5, 0.6) is 0 Å². The van der Waals surface area contributed by atoms with Gasteiger partial charge in [-0.15, -0.1) is 0 Å². The first-order valence-corrected chi connectivity index (χ1v) is 7.87. The second kappa shape index (κ2) is 6.79. The van der Waals surface area contributed by atoms with E-state index >= 15 is 0 Å². The topological polar surface area (TPSA) is 116 Å². The zero-order valence-corrected chi connectivity index (χ0v) is 14.5. The fourth-order valence-electron chi connectivity index (χ4n) is 2.83. The van der Waals surface area contributed by atoms with Crippen molar-refractivity contribution in [1.82, 2.24) is 14.9 Å². The van der Waals surface area contributed by atoms with Crippen LogP contribution in [0.15, 0.2) is 40.9 Å². The zero-order valence-electron chi connectivity index (χ0n) is 14.5. The van der Waals surface area contributed by atoms with Crippen LogP contribution < -0.4 is 5.32 Å². The van der Waals surface area contributed by atoms with Crippen LogP contribution in [-0.2, 0) is 4.79 Å². The first-order chi connectivity index (χ1) is 12.4. The highest BCUT2D eigenvalue weighted by molar-refractivity contribution is 5.95. The molecule has 0 aliphatic rings. The molecule has 134 valence electrons. The summed E-state index contributed by atoms with van der Waals surface area (Å²) < 4.78 is 6.32. The molecule has 0 unspecified atom stereocenters. The summed E-state index contributed by atoms with van der Waals surface area (Å²) in [5.41, 5.74) is 1.09. The average Bonchev–Trinajstić information content (AvgIpc) is 3.12. The molecule has 26 heavy (non-hydrogen) atoms. The van der Waals surface area contributed by atoms with Gasteiger partial charge in [0.05, 0.1) is 4.92 Å². The number of nitrogens with zero attached hydrogens (tertiary/aromatic N) is 4. The number of benzene rings is 1. The number of nitro groups is 1. The Kier molecular flexibility index (Phi) is 4.53. The van der Waals surface area contributed by atoms with Crippen molar-refractivity contribution in [2.24, 2.45) is 0 Å². The van der Waals surface area contributed by atoms with Crippen LogP contribution >= 0.6 is 0 Å². The molecule has 0 radical (unpaired) electrons. The van der Waals surface area contributed by atoms with Gasteiger partial charge in [-0.25, -0.2) is 4.68 Å². The van der Waals surface area contributed by atoms with E-state index in [-0.39, 0.29) is 17.2 Å². The summed E-state index contributed by atoms with van der Waals surface area (Å²) in [5.74, 6) is 0.396. The summed E-state index contributed by atoms with van der Waals surface area (Å²) in [6, 6.07) is 9.63. The number of aryl methyl sites for hydroxylation is 2. The highest BCUT2D eigenvalue weighted by Gasteiger charge is 2.31. The lowest BCUT2D eigenvalue weighted by Crippen LogP contribution is -2.28. The smallest absolute Gasteiger partial charge is 0.312 e. The molecule has 2 aromatic heterocycles. The van der Waals surface area contributed by atoms with Gasteiger partial charge in [0.25, 0.3) is 5.91 Å². The molecular weight excluding hydrogens is 338 g/mol. The monoisotopic (exact) mass is 355 g/mol. The van der Waals surface area contributed by atoms with E-state index in [0.717, 1.165) is 0 Å². The largest absolute Gasteiger partial charge is 0.360 e. The van der Waals surface area contributed by atoms with Gasteiger partial charge in [0, 0.05) is 6.07 Å². The van der Waals surface area contributed by atoms with E-state index in [9.17, 15) is 14.9 Å². The highest BCUT2D eigenvalue weighted by atomic mass is 16.6. The number of rotatable bonds is 5. The van der Waals surface area contributed by atoms with Crippen molar-refractivity contribution < 1.29 is 14.2 Å².